The van der Waals surface area contributed by atoms with E-state index < -0.39 is 0 Å². The fraction of sp³-hybridized carbons (Fsp3) is 0.125. The zero-order valence-corrected chi connectivity index (χ0v) is 13.7. The number of benzene rings is 2. The van der Waals surface area contributed by atoms with Crippen LogP contribution in [0.3, 0.4) is 0 Å². The number of fused-ring (bicyclic) bond motifs is 1. The Kier molecular flexibility index (Phi) is 4.03. The first-order valence-corrected chi connectivity index (χ1v) is 7.99. The van der Waals surface area contributed by atoms with Crippen molar-refractivity contribution in [2.24, 2.45) is 0 Å². The second-order valence-corrected chi connectivity index (χ2v) is 6.58. The highest BCUT2D eigenvalue weighted by Gasteiger charge is 2.12. The van der Waals surface area contributed by atoms with Gasteiger partial charge in [-0.1, -0.05) is 28.1 Å². The summed E-state index contributed by atoms with van der Waals surface area (Å²) in [4.78, 5) is 16.8. The molecule has 0 saturated carbocycles. The van der Waals surface area contributed by atoms with E-state index in [0.29, 0.717) is 17.7 Å². The summed E-state index contributed by atoms with van der Waals surface area (Å²) in [5, 5.41) is 0.830. The van der Waals surface area contributed by atoms with Crippen molar-refractivity contribution in [3.05, 3.63) is 57.5 Å². The van der Waals surface area contributed by atoms with Gasteiger partial charge in [-0.2, -0.15) is 0 Å². The Bertz CT molecular complexity index is 813. The van der Waals surface area contributed by atoms with Gasteiger partial charge in [0.25, 0.3) is 0 Å². The number of thiazole rings is 1. The van der Waals surface area contributed by atoms with E-state index >= 15 is 0 Å². The van der Waals surface area contributed by atoms with Crippen LogP contribution >= 0.6 is 27.3 Å². The van der Waals surface area contributed by atoms with Crippen LogP contribution in [0.2, 0.25) is 0 Å². The van der Waals surface area contributed by atoms with Gasteiger partial charge in [0.1, 0.15) is 10.8 Å². The van der Waals surface area contributed by atoms with Gasteiger partial charge in [-0.15, -0.1) is 11.3 Å². The van der Waals surface area contributed by atoms with Gasteiger partial charge in [0.2, 0.25) is 0 Å². The van der Waals surface area contributed by atoms with Crippen LogP contribution in [-0.4, -0.2) is 17.9 Å². The Hall–Kier alpha value is -1.72. The van der Waals surface area contributed by atoms with Gasteiger partial charge in [0.15, 0.2) is 5.78 Å². The van der Waals surface area contributed by atoms with Crippen molar-refractivity contribution >= 4 is 43.3 Å². The third-order valence-corrected chi connectivity index (χ3v) is 4.61. The second-order valence-electron chi connectivity index (χ2n) is 4.55. The summed E-state index contributed by atoms with van der Waals surface area (Å²) in [7, 11) is 1.59. The third kappa shape index (κ3) is 3.14. The predicted octanol–water partition coefficient (Wildman–Crippen LogP) is 4.49. The molecule has 0 atom stereocenters. The van der Waals surface area contributed by atoms with Gasteiger partial charge < -0.3 is 4.74 Å². The lowest BCUT2D eigenvalue weighted by Crippen LogP contribution is -2.03. The first-order chi connectivity index (χ1) is 10.2. The molecule has 0 saturated heterocycles. The summed E-state index contributed by atoms with van der Waals surface area (Å²) in [6, 6.07) is 13.1. The number of ketones is 1. The lowest BCUT2D eigenvalue weighted by atomic mass is 10.1. The van der Waals surface area contributed by atoms with E-state index in [1.165, 1.54) is 0 Å². The number of nitrogens with zero attached hydrogens (tertiary/aromatic N) is 1. The maximum absolute atomic E-state index is 12.3. The number of carbonyl (C=O) groups excluding carboxylic acids is 1. The molecule has 0 unspecified atom stereocenters. The Balaban J connectivity index is 1.85. The lowest BCUT2D eigenvalue weighted by molar-refractivity contribution is 0.0992. The lowest BCUT2D eigenvalue weighted by Gasteiger charge is -2.02. The number of hydrogen-bond donors (Lipinski definition) is 0. The van der Waals surface area contributed by atoms with Crippen LogP contribution in [0.15, 0.2) is 46.9 Å². The minimum atomic E-state index is 0.0482. The average molecular weight is 362 g/mol. The monoisotopic (exact) mass is 361 g/mol. The summed E-state index contributed by atoms with van der Waals surface area (Å²) in [5.41, 5.74) is 1.58. The molecule has 0 aliphatic rings. The molecule has 0 aliphatic carbocycles. The molecule has 1 aromatic heterocycles. The number of rotatable bonds is 4. The molecular weight excluding hydrogens is 350 g/mol. The second kappa shape index (κ2) is 5.95. The van der Waals surface area contributed by atoms with Crippen molar-refractivity contribution in [1.82, 2.24) is 4.98 Å². The predicted molar refractivity (Wildman–Crippen MR) is 88.3 cm³/mol. The number of methoxy groups -OCH3 is 1. The first-order valence-electron chi connectivity index (χ1n) is 6.38. The van der Waals surface area contributed by atoms with Crippen LogP contribution in [0, 0.1) is 0 Å². The molecule has 3 nitrogen and oxygen atoms in total. The normalized spacial score (nSPS) is 10.8. The SMILES string of the molecule is COc1cccc(C(=O)Cc2nc3ccc(Br)cc3s2)c1. The van der Waals surface area contributed by atoms with Crippen LogP contribution in [-0.2, 0) is 6.42 Å². The maximum Gasteiger partial charge on any atom is 0.169 e. The van der Waals surface area contributed by atoms with Crippen molar-refractivity contribution in [2.75, 3.05) is 7.11 Å². The molecule has 0 aliphatic heterocycles. The average Bonchev–Trinajstić information content (AvgIpc) is 2.88. The Morgan fingerprint density at radius 3 is 2.95 bits per heavy atom. The molecular formula is C16H12BrNO2S. The third-order valence-electron chi connectivity index (χ3n) is 3.10. The highest BCUT2D eigenvalue weighted by Crippen LogP contribution is 2.26. The van der Waals surface area contributed by atoms with E-state index in [4.69, 9.17) is 4.74 Å². The zero-order chi connectivity index (χ0) is 14.8. The number of hydrogen-bond acceptors (Lipinski definition) is 4. The number of Topliss-reactive ketones (excluding diaryl/α,β-unsaturated/α-hetero) is 1. The molecule has 0 radical (unpaired) electrons. The van der Waals surface area contributed by atoms with Crippen molar-refractivity contribution in [2.45, 2.75) is 6.42 Å². The van der Waals surface area contributed by atoms with Gasteiger partial charge >= 0.3 is 0 Å². The molecule has 0 spiro atoms. The number of aromatic nitrogens is 1. The zero-order valence-electron chi connectivity index (χ0n) is 11.3. The molecule has 2 aromatic carbocycles. The van der Waals surface area contributed by atoms with Crippen molar-refractivity contribution in [3.63, 3.8) is 0 Å². The van der Waals surface area contributed by atoms with Gasteiger partial charge in [-0.3, -0.25) is 4.79 Å². The van der Waals surface area contributed by atoms with Crippen LogP contribution in [0.1, 0.15) is 15.4 Å². The highest BCUT2D eigenvalue weighted by atomic mass is 79.9. The van der Waals surface area contributed by atoms with Crippen LogP contribution < -0.4 is 4.74 Å². The summed E-state index contributed by atoms with van der Waals surface area (Å²) < 4.78 is 7.25. The molecule has 3 aromatic rings. The number of carbonyl (C=O) groups is 1. The summed E-state index contributed by atoms with van der Waals surface area (Å²) in [6.45, 7) is 0. The molecule has 106 valence electrons. The van der Waals surface area contributed by atoms with Crippen LogP contribution in [0.4, 0.5) is 0 Å². The maximum atomic E-state index is 12.3. The van der Waals surface area contributed by atoms with Crippen molar-refractivity contribution in [1.29, 1.82) is 0 Å². The molecule has 1 heterocycles. The highest BCUT2D eigenvalue weighted by molar-refractivity contribution is 9.10. The summed E-state index contributed by atoms with van der Waals surface area (Å²) >= 11 is 4.99. The molecule has 3 rings (SSSR count). The molecule has 21 heavy (non-hydrogen) atoms. The smallest absolute Gasteiger partial charge is 0.169 e. The van der Waals surface area contributed by atoms with Gasteiger partial charge in [0, 0.05) is 10.0 Å². The van der Waals surface area contributed by atoms with E-state index in [2.05, 4.69) is 20.9 Å². The first kappa shape index (κ1) is 14.2. The van der Waals surface area contributed by atoms with Crippen molar-refractivity contribution < 1.29 is 9.53 Å². The van der Waals surface area contributed by atoms with Gasteiger partial charge in [0.05, 0.1) is 23.7 Å². The number of halogens is 1. The molecule has 0 fully saturated rings. The van der Waals surface area contributed by atoms with E-state index in [-0.39, 0.29) is 5.78 Å². The molecule has 0 bridgehead atoms. The Labute approximate surface area is 134 Å². The summed E-state index contributed by atoms with van der Waals surface area (Å²) in [6.07, 6.45) is 0.310. The topological polar surface area (TPSA) is 39.2 Å². The molecule has 5 heteroatoms. The van der Waals surface area contributed by atoms with Crippen LogP contribution in [0.25, 0.3) is 10.2 Å². The van der Waals surface area contributed by atoms with E-state index in [1.807, 2.05) is 30.3 Å². The fourth-order valence-corrected chi connectivity index (χ4v) is 3.58. The molecule has 0 amide bonds. The Morgan fingerprint density at radius 1 is 1.29 bits per heavy atom. The Morgan fingerprint density at radius 2 is 2.14 bits per heavy atom. The van der Waals surface area contributed by atoms with Crippen LogP contribution in [0.5, 0.6) is 5.75 Å². The fourth-order valence-electron chi connectivity index (χ4n) is 2.06. The van der Waals surface area contributed by atoms with E-state index in [0.717, 1.165) is 19.7 Å². The van der Waals surface area contributed by atoms with Gasteiger partial charge in [-0.25, -0.2) is 4.98 Å². The minimum Gasteiger partial charge on any atom is -0.497 e. The largest absolute Gasteiger partial charge is 0.497 e. The van der Waals surface area contributed by atoms with E-state index in [1.54, 1.807) is 30.6 Å². The van der Waals surface area contributed by atoms with E-state index in [9.17, 15) is 4.79 Å². The quantitative estimate of drug-likeness (QED) is 0.642. The summed E-state index contributed by atoms with van der Waals surface area (Å²) in [5.74, 6) is 0.737. The van der Waals surface area contributed by atoms with Gasteiger partial charge in [-0.05, 0) is 30.3 Å². The number of ether oxygens (including phenoxy) is 1. The minimum absolute atomic E-state index is 0.0482. The standard InChI is InChI=1S/C16H12BrNO2S/c1-20-12-4-2-3-10(7-12)14(19)9-16-18-13-6-5-11(17)8-15(13)21-16/h2-8H,9H2,1H3. The molecule has 0 N–H and O–H groups in total. The van der Waals surface area contributed by atoms with Crippen molar-refractivity contribution in [3.8, 4) is 5.75 Å².